The lowest BCUT2D eigenvalue weighted by molar-refractivity contribution is 1.25. The van der Waals surface area contributed by atoms with Crippen molar-refractivity contribution in [3.63, 3.8) is 0 Å². The van der Waals surface area contributed by atoms with Crippen LogP contribution in [-0.4, -0.2) is 0 Å². The molecular formula is C31H25N. The average molecular weight is 412 g/mol. The molecular weight excluding hydrogens is 386 g/mol. The molecule has 0 spiro atoms. The number of rotatable bonds is 5. The van der Waals surface area contributed by atoms with Crippen molar-refractivity contribution < 1.29 is 0 Å². The molecule has 0 aliphatic rings. The summed E-state index contributed by atoms with van der Waals surface area (Å²) in [4.78, 5) is 2.36. The van der Waals surface area contributed by atoms with Gasteiger partial charge in [-0.05, 0) is 65.1 Å². The minimum atomic E-state index is 1.14. The summed E-state index contributed by atoms with van der Waals surface area (Å²) < 4.78 is 0. The van der Waals surface area contributed by atoms with Crippen LogP contribution in [0.15, 0.2) is 133 Å². The Hall–Kier alpha value is -4.10. The summed E-state index contributed by atoms with van der Waals surface area (Å²) in [7, 11) is 0. The SMILES string of the molecule is Cc1ccccc1N(c1cccc(-c2ccccc2)c1)c1cccc(-c2ccccc2)c1. The topological polar surface area (TPSA) is 3.24 Å². The van der Waals surface area contributed by atoms with Crippen LogP contribution in [0, 0.1) is 6.92 Å². The van der Waals surface area contributed by atoms with E-state index in [2.05, 4.69) is 145 Å². The van der Waals surface area contributed by atoms with E-state index in [4.69, 9.17) is 0 Å². The number of aryl methyl sites for hydroxylation is 1. The molecule has 32 heavy (non-hydrogen) atoms. The van der Waals surface area contributed by atoms with Crippen molar-refractivity contribution in [2.24, 2.45) is 0 Å². The maximum Gasteiger partial charge on any atom is 0.0490 e. The van der Waals surface area contributed by atoms with Crippen molar-refractivity contribution in [1.82, 2.24) is 0 Å². The Bertz CT molecular complexity index is 1240. The van der Waals surface area contributed by atoms with Gasteiger partial charge in [-0.1, -0.05) is 103 Å². The molecule has 1 heteroatoms. The van der Waals surface area contributed by atoms with Crippen molar-refractivity contribution >= 4 is 17.1 Å². The van der Waals surface area contributed by atoms with Crippen LogP contribution in [0.25, 0.3) is 22.3 Å². The van der Waals surface area contributed by atoms with Gasteiger partial charge in [0.15, 0.2) is 0 Å². The van der Waals surface area contributed by atoms with Crippen LogP contribution < -0.4 is 4.90 Å². The number of anilines is 3. The van der Waals surface area contributed by atoms with Gasteiger partial charge in [0.1, 0.15) is 0 Å². The molecule has 0 radical (unpaired) electrons. The van der Waals surface area contributed by atoms with E-state index >= 15 is 0 Å². The van der Waals surface area contributed by atoms with Crippen LogP contribution in [-0.2, 0) is 0 Å². The van der Waals surface area contributed by atoms with Crippen molar-refractivity contribution in [1.29, 1.82) is 0 Å². The summed E-state index contributed by atoms with van der Waals surface area (Å²) in [6, 6.07) is 47.2. The molecule has 5 aromatic rings. The molecule has 154 valence electrons. The van der Waals surface area contributed by atoms with Gasteiger partial charge in [0.25, 0.3) is 0 Å². The number of benzene rings is 5. The maximum atomic E-state index is 2.36. The Labute approximate surface area is 190 Å². The van der Waals surface area contributed by atoms with Gasteiger partial charge < -0.3 is 4.90 Å². The number of para-hydroxylation sites is 1. The predicted molar refractivity (Wildman–Crippen MR) is 137 cm³/mol. The summed E-state index contributed by atoms with van der Waals surface area (Å²) >= 11 is 0. The fourth-order valence-corrected chi connectivity index (χ4v) is 4.15. The monoisotopic (exact) mass is 411 g/mol. The van der Waals surface area contributed by atoms with E-state index in [1.807, 2.05) is 0 Å². The molecule has 0 N–H and O–H groups in total. The molecule has 5 aromatic carbocycles. The van der Waals surface area contributed by atoms with Crippen molar-refractivity contribution in [2.75, 3.05) is 4.90 Å². The van der Waals surface area contributed by atoms with Gasteiger partial charge in [-0.15, -0.1) is 0 Å². The molecule has 0 saturated carbocycles. The summed E-state index contributed by atoms with van der Waals surface area (Å²) in [6.45, 7) is 2.17. The van der Waals surface area contributed by atoms with Gasteiger partial charge in [-0.3, -0.25) is 0 Å². The zero-order valence-corrected chi connectivity index (χ0v) is 18.1. The summed E-state index contributed by atoms with van der Waals surface area (Å²) in [6.07, 6.45) is 0. The molecule has 0 unspecified atom stereocenters. The van der Waals surface area contributed by atoms with E-state index in [1.165, 1.54) is 33.5 Å². The van der Waals surface area contributed by atoms with E-state index < -0.39 is 0 Å². The molecule has 1 nitrogen and oxygen atoms in total. The highest BCUT2D eigenvalue weighted by Crippen LogP contribution is 2.39. The second-order valence-electron chi connectivity index (χ2n) is 7.95. The van der Waals surface area contributed by atoms with Gasteiger partial charge in [0.05, 0.1) is 0 Å². The van der Waals surface area contributed by atoms with Crippen LogP contribution >= 0.6 is 0 Å². The first-order valence-corrected chi connectivity index (χ1v) is 11.0. The summed E-state index contributed by atoms with van der Waals surface area (Å²) in [5.41, 5.74) is 9.57. The third kappa shape index (κ3) is 4.06. The van der Waals surface area contributed by atoms with Gasteiger partial charge in [-0.2, -0.15) is 0 Å². The largest absolute Gasteiger partial charge is 0.310 e. The second kappa shape index (κ2) is 8.95. The molecule has 0 fully saturated rings. The average Bonchev–Trinajstić information content (AvgIpc) is 2.87. The van der Waals surface area contributed by atoms with Crippen molar-refractivity contribution in [3.8, 4) is 22.3 Å². The van der Waals surface area contributed by atoms with Crippen molar-refractivity contribution in [2.45, 2.75) is 6.92 Å². The first-order chi connectivity index (χ1) is 15.8. The van der Waals surface area contributed by atoms with Gasteiger partial charge >= 0.3 is 0 Å². The zero-order valence-electron chi connectivity index (χ0n) is 18.1. The van der Waals surface area contributed by atoms with Crippen molar-refractivity contribution in [3.05, 3.63) is 139 Å². The molecule has 0 aromatic heterocycles. The Kier molecular flexibility index (Phi) is 5.55. The van der Waals surface area contributed by atoms with Crippen LogP contribution in [0.2, 0.25) is 0 Å². The molecule has 0 bridgehead atoms. The van der Waals surface area contributed by atoms with E-state index in [-0.39, 0.29) is 0 Å². The van der Waals surface area contributed by atoms with Gasteiger partial charge in [-0.25, -0.2) is 0 Å². The highest BCUT2D eigenvalue weighted by molar-refractivity contribution is 5.83. The van der Waals surface area contributed by atoms with Gasteiger partial charge in [0.2, 0.25) is 0 Å². The quantitative estimate of drug-likeness (QED) is 0.279. The highest BCUT2D eigenvalue weighted by Gasteiger charge is 2.15. The number of hydrogen-bond donors (Lipinski definition) is 0. The molecule has 0 amide bonds. The molecule has 0 atom stereocenters. The summed E-state index contributed by atoms with van der Waals surface area (Å²) in [5, 5.41) is 0. The van der Waals surface area contributed by atoms with E-state index in [1.54, 1.807) is 0 Å². The predicted octanol–water partition coefficient (Wildman–Crippen LogP) is 8.80. The molecule has 0 saturated heterocycles. The lowest BCUT2D eigenvalue weighted by Gasteiger charge is -2.28. The van der Waals surface area contributed by atoms with Crippen LogP contribution in [0.3, 0.4) is 0 Å². The Balaban J connectivity index is 1.66. The fraction of sp³-hybridized carbons (Fsp3) is 0.0323. The smallest absolute Gasteiger partial charge is 0.0490 e. The standard InChI is InChI=1S/C31H25N/c1-24-12-8-9-21-31(24)32(29-19-10-17-27(22-29)25-13-4-2-5-14-25)30-20-11-18-28(23-30)26-15-6-3-7-16-26/h2-23H,1H3. The highest BCUT2D eigenvalue weighted by atomic mass is 15.1. The Morgan fingerprint density at radius 2 is 0.844 bits per heavy atom. The van der Waals surface area contributed by atoms with E-state index in [0.29, 0.717) is 0 Å². The minimum absolute atomic E-state index is 1.14. The first kappa shape index (κ1) is 19.8. The third-order valence-corrected chi connectivity index (χ3v) is 5.78. The van der Waals surface area contributed by atoms with E-state index in [9.17, 15) is 0 Å². The lowest BCUT2D eigenvalue weighted by Crippen LogP contribution is -2.11. The second-order valence-corrected chi connectivity index (χ2v) is 7.95. The Morgan fingerprint density at radius 3 is 1.34 bits per heavy atom. The number of nitrogens with zero attached hydrogens (tertiary/aromatic N) is 1. The molecule has 5 rings (SSSR count). The van der Waals surface area contributed by atoms with Crippen LogP contribution in [0.4, 0.5) is 17.1 Å². The number of hydrogen-bond acceptors (Lipinski definition) is 1. The molecule has 0 heterocycles. The zero-order chi connectivity index (χ0) is 21.8. The van der Waals surface area contributed by atoms with Gasteiger partial charge in [0, 0.05) is 17.1 Å². The Morgan fingerprint density at radius 1 is 0.406 bits per heavy atom. The normalized spacial score (nSPS) is 10.7. The fourth-order valence-electron chi connectivity index (χ4n) is 4.15. The van der Waals surface area contributed by atoms with E-state index in [0.717, 1.165) is 11.4 Å². The molecule has 0 aliphatic carbocycles. The lowest BCUT2D eigenvalue weighted by atomic mass is 10.0. The first-order valence-electron chi connectivity index (χ1n) is 11.0. The van der Waals surface area contributed by atoms with Crippen LogP contribution in [0.1, 0.15) is 5.56 Å². The minimum Gasteiger partial charge on any atom is -0.310 e. The third-order valence-electron chi connectivity index (χ3n) is 5.78. The summed E-state index contributed by atoms with van der Waals surface area (Å²) in [5.74, 6) is 0. The maximum absolute atomic E-state index is 2.36. The van der Waals surface area contributed by atoms with Crippen LogP contribution in [0.5, 0.6) is 0 Å². The molecule has 0 aliphatic heterocycles.